The molecule has 0 radical (unpaired) electrons. The van der Waals surface area contributed by atoms with Crippen LogP contribution in [0.2, 0.25) is 0 Å². The molecule has 0 heterocycles. The highest BCUT2D eigenvalue weighted by Gasteiger charge is 2.03. The van der Waals surface area contributed by atoms with Gasteiger partial charge in [0, 0.05) is 18.3 Å². The molecule has 0 aromatic heterocycles. The first kappa shape index (κ1) is 10.1. The number of hydrogen-bond donors (Lipinski definition) is 1. The Bertz CT molecular complexity index is 269. The van der Waals surface area contributed by atoms with Gasteiger partial charge in [-0.05, 0) is 38.6 Å². The van der Waals surface area contributed by atoms with Crippen molar-refractivity contribution in [3.05, 3.63) is 29.8 Å². The van der Waals surface area contributed by atoms with Crippen molar-refractivity contribution in [1.29, 1.82) is 0 Å². The molecule has 0 aliphatic carbocycles. The van der Waals surface area contributed by atoms with Gasteiger partial charge in [-0.2, -0.15) is 0 Å². The first-order chi connectivity index (χ1) is 6.09. The second kappa shape index (κ2) is 4.28. The average molecular weight is 178 g/mol. The molecule has 0 bridgehead atoms. The highest BCUT2D eigenvalue weighted by Crippen LogP contribution is 2.09. The molecule has 1 rings (SSSR count). The van der Waals surface area contributed by atoms with Crippen LogP contribution in [0, 0.1) is 0 Å². The summed E-state index contributed by atoms with van der Waals surface area (Å²) in [4.78, 5) is 2.29. The Balaban J connectivity index is 2.64. The van der Waals surface area contributed by atoms with Gasteiger partial charge in [-0.1, -0.05) is 12.1 Å². The van der Waals surface area contributed by atoms with E-state index in [-0.39, 0.29) is 0 Å². The quantitative estimate of drug-likeness (QED) is 0.718. The first-order valence-electron chi connectivity index (χ1n) is 4.64. The summed E-state index contributed by atoms with van der Waals surface area (Å²) in [5.74, 6) is 0. The van der Waals surface area contributed by atoms with Crippen molar-refractivity contribution >= 4 is 5.69 Å². The zero-order chi connectivity index (χ0) is 9.84. The molecule has 13 heavy (non-hydrogen) atoms. The summed E-state index contributed by atoms with van der Waals surface area (Å²) in [6.45, 7) is 5.33. The molecule has 0 saturated carbocycles. The van der Waals surface area contributed by atoms with Crippen LogP contribution in [0.15, 0.2) is 24.3 Å². The van der Waals surface area contributed by atoms with Gasteiger partial charge < -0.3 is 5.73 Å². The molecule has 0 aliphatic heterocycles. The summed E-state index contributed by atoms with van der Waals surface area (Å²) in [6.07, 6.45) is 0. The van der Waals surface area contributed by atoms with Crippen molar-refractivity contribution in [2.75, 3.05) is 12.8 Å². The Morgan fingerprint density at radius 1 is 1.38 bits per heavy atom. The highest BCUT2D eigenvalue weighted by molar-refractivity contribution is 5.40. The van der Waals surface area contributed by atoms with Crippen LogP contribution in [-0.2, 0) is 6.54 Å². The fourth-order valence-electron chi connectivity index (χ4n) is 1.16. The van der Waals surface area contributed by atoms with E-state index >= 15 is 0 Å². The maximum absolute atomic E-state index is 5.69. The maximum Gasteiger partial charge on any atom is 0.0317 e. The minimum Gasteiger partial charge on any atom is -0.399 e. The summed E-state index contributed by atoms with van der Waals surface area (Å²) >= 11 is 0. The summed E-state index contributed by atoms with van der Waals surface area (Å²) in [5, 5.41) is 0. The van der Waals surface area contributed by atoms with Gasteiger partial charge in [-0.3, -0.25) is 4.90 Å². The van der Waals surface area contributed by atoms with Crippen LogP contribution in [0.5, 0.6) is 0 Å². The monoisotopic (exact) mass is 178 g/mol. The van der Waals surface area contributed by atoms with Gasteiger partial charge in [0.25, 0.3) is 0 Å². The molecule has 0 fully saturated rings. The van der Waals surface area contributed by atoms with Gasteiger partial charge in [0.15, 0.2) is 0 Å². The third-order valence-electron chi connectivity index (χ3n) is 2.26. The van der Waals surface area contributed by atoms with Gasteiger partial charge in [0.1, 0.15) is 0 Å². The number of benzene rings is 1. The largest absolute Gasteiger partial charge is 0.399 e. The van der Waals surface area contributed by atoms with Crippen LogP contribution in [0.3, 0.4) is 0 Å². The van der Waals surface area contributed by atoms with Crippen LogP contribution in [0.1, 0.15) is 19.4 Å². The first-order valence-corrected chi connectivity index (χ1v) is 4.64. The minimum absolute atomic E-state index is 0.571. The van der Waals surface area contributed by atoms with Crippen LogP contribution in [0.4, 0.5) is 5.69 Å². The molecule has 1 aromatic carbocycles. The Hall–Kier alpha value is -1.02. The van der Waals surface area contributed by atoms with Crippen molar-refractivity contribution in [3.8, 4) is 0 Å². The van der Waals surface area contributed by atoms with E-state index in [0.717, 1.165) is 12.2 Å². The maximum atomic E-state index is 5.69. The lowest BCUT2D eigenvalue weighted by Gasteiger charge is -2.20. The standard InChI is InChI=1S/C11H18N2/c1-9(2)13(3)8-10-5-4-6-11(12)7-10/h4-7,9H,8,12H2,1-3H3. The lowest BCUT2D eigenvalue weighted by molar-refractivity contribution is 0.266. The molecule has 72 valence electrons. The molecular formula is C11H18N2. The van der Waals surface area contributed by atoms with Gasteiger partial charge in [0.2, 0.25) is 0 Å². The van der Waals surface area contributed by atoms with E-state index < -0.39 is 0 Å². The van der Waals surface area contributed by atoms with Crippen LogP contribution < -0.4 is 5.73 Å². The van der Waals surface area contributed by atoms with Crippen molar-refractivity contribution in [1.82, 2.24) is 4.90 Å². The van der Waals surface area contributed by atoms with Crippen LogP contribution in [0.25, 0.3) is 0 Å². The van der Waals surface area contributed by atoms with Crippen LogP contribution in [-0.4, -0.2) is 18.0 Å². The lowest BCUT2D eigenvalue weighted by Crippen LogP contribution is -2.25. The van der Waals surface area contributed by atoms with Crippen molar-refractivity contribution in [3.63, 3.8) is 0 Å². The van der Waals surface area contributed by atoms with E-state index in [4.69, 9.17) is 5.73 Å². The zero-order valence-corrected chi connectivity index (χ0v) is 8.62. The predicted molar refractivity (Wildman–Crippen MR) is 57.5 cm³/mol. The molecule has 2 nitrogen and oxygen atoms in total. The molecule has 1 aromatic rings. The van der Waals surface area contributed by atoms with Gasteiger partial charge in [0.05, 0.1) is 0 Å². The third-order valence-corrected chi connectivity index (χ3v) is 2.26. The van der Waals surface area contributed by atoms with E-state index in [1.165, 1.54) is 5.56 Å². The Morgan fingerprint density at radius 3 is 2.62 bits per heavy atom. The predicted octanol–water partition coefficient (Wildman–Crippen LogP) is 2.11. The van der Waals surface area contributed by atoms with Gasteiger partial charge in [-0.15, -0.1) is 0 Å². The van der Waals surface area contributed by atoms with E-state index in [1.54, 1.807) is 0 Å². The highest BCUT2D eigenvalue weighted by atomic mass is 15.1. The van der Waals surface area contributed by atoms with Crippen LogP contribution >= 0.6 is 0 Å². The third kappa shape index (κ3) is 3.07. The summed E-state index contributed by atoms with van der Waals surface area (Å²) in [6, 6.07) is 8.62. The summed E-state index contributed by atoms with van der Waals surface area (Å²) in [5.41, 5.74) is 7.81. The smallest absolute Gasteiger partial charge is 0.0317 e. The van der Waals surface area contributed by atoms with E-state index in [2.05, 4.69) is 31.9 Å². The van der Waals surface area contributed by atoms with E-state index in [9.17, 15) is 0 Å². The lowest BCUT2D eigenvalue weighted by atomic mass is 10.2. The van der Waals surface area contributed by atoms with Gasteiger partial charge >= 0.3 is 0 Å². The number of nitrogens with zero attached hydrogens (tertiary/aromatic N) is 1. The molecule has 0 unspecified atom stereocenters. The van der Waals surface area contributed by atoms with Crippen molar-refractivity contribution in [2.45, 2.75) is 26.4 Å². The fourth-order valence-corrected chi connectivity index (χ4v) is 1.16. The molecule has 0 saturated heterocycles. The zero-order valence-electron chi connectivity index (χ0n) is 8.62. The number of nitrogen functional groups attached to an aromatic ring is 1. The normalized spacial score (nSPS) is 11.2. The van der Waals surface area contributed by atoms with Gasteiger partial charge in [-0.25, -0.2) is 0 Å². The second-order valence-corrected chi connectivity index (χ2v) is 3.75. The molecule has 2 N–H and O–H groups in total. The molecule has 0 aliphatic rings. The SMILES string of the molecule is CC(C)N(C)Cc1cccc(N)c1. The number of rotatable bonds is 3. The summed E-state index contributed by atoms with van der Waals surface area (Å²) < 4.78 is 0. The van der Waals surface area contributed by atoms with E-state index in [0.29, 0.717) is 6.04 Å². The van der Waals surface area contributed by atoms with Crippen molar-refractivity contribution in [2.24, 2.45) is 0 Å². The molecule has 2 heteroatoms. The number of hydrogen-bond acceptors (Lipinski definition) is 2. The minimum atomic E-state index is 0.571. The summed E-state index contributed by atoms with van der Waals surface area (Å²) in [7, 11) is 2.12. The Morgan fingerprint density at radius 2 is 2.08 bits per heavy atom. The Labute approximate surface area is 80.4 Å². The molecular weight excluding hydrogens is 160 g/mol. The number of anilines is 1. The molecule has 0 atom stereocenters. The number of nitrogens with two attached hydrogens (primary N) is 1. The topological polar surface area (TPSA) is 29.3 Å². The van der Waals surface area contributed by atoms with Crippen molar-refractivity contribution < 1.29 is 0 Å². The Kier molecular flexibility index (Phi) is 3.32. The fraction of sp³-hybridized carbons (Fsp3) is 0.455. The molecule has 0 spiro atoms. The van der Waals surface area contributed by atoms with E-state index in [1.807, 2.05) is 18.2 Å². The average Bonchev–Trinajstić information content (AvgIpc) is 2.04. The second-order valence-electron chi connectivity index (χ2n) is 3.75. The molecule has 0 amide bonds.